The van der Waals surface area contributed by atoms with Crippen molar-refractivity contribution in [2.24, 2.45) is 0 Å². The van der Waals surface area contributed by atoms with E-state index in [-0.39, 0.29) is 18.9 Å². The molecule has 2 aromatic carbocycles. The highest BCUT2D eigenvalue weighted by Gasteiger charge is 2.34. The molecule has 39 heavy (non-hydrogen) atoms. The van der Waals surface area contributed by atoms with Gasteiger partial charge in [0.1, 0.15) is 5.82 Å². The predicted octanol–water partition coefficient (Wildman–Crippen LogP) is 4.94. The number of pyridine rings is 1. The number of hydrogen-bond acceptors (Lipinski definition) is 6. The zero-order valence-electron chi connectivity index (χ0n) is 20.5. The van der Waals surface area contributed by atoms with E-state index in [0.717, 1.165) is 27.9 Å². The summed E-state index contributed by atoms with van der Waals surface area (Å²) in [5, 5.41) is 6.96. The van der Waals surface area contributed by atoms with E-state index in [1.165, 1.54) is 18.2 Å². The van der Waals surface area contributed by atoms with Gasteiger partial charge in [0.25, 0.3) is 11.1 Å². The Balaban J connectivity index is 1.24. The van der Waals surface area contributed by atoms with Crippen LogP contribution in [-0.4, -0.2) is 49.8 Å². The first kappa shape index (κ1) is 25.8. The number of imide groups is 1. The fourth-order valence-corrected chi connectivity index (χ4v) is 4.74. The number of carbonyl (C=O) groups excluding carboxylic acids is 3. The van der Waals surface area contributed by atoms with Crippen LogP contribution in [0.15, 0.2) is 96.3 Å². The van der Waals surface area contributed by atoms with Crippen LogP contribution < -0.4 is 5.32 Å². The number of halogens is 1. The second-order valence-corrected chi connectivity index (χ2v) is 9.46. The van der Waals surface area contributed by atoms with Crippen molar-refractivity contribution in [3.05, 3.63) is 113 Å². The molecule has 0 radical (unpaired) electrons. The van der Waals surface area contributed by atoms with Gasteiger partial charge in [-0.2, -0.15) is 5.10 Å². The maximum Gasteiger partial charge on any atom is 0.293 e. The van der Waals surface area contributed by atoms with Crippen LogP contribution >= 0.6 is 11.8 Å². The van der Waals surface area contributed by atoms with Crippen molar-refractivity contribution >= 4 is 41.0 Å². The molecule has 0 unspecified atom stereocenters. The van der Waals surface area contributed by atoms with E-state index < -0.39 is 17.1 Å². The topological polar surface area (TPSA) is 97.2 Å². The predicted molar refractivity (Wildman–Crippen MR) is 148 cm³/mol. The van der Waals surface area contributed by atoms with Crippen LogP contribution in [0.3, 0.4) is 0 Å². The highest BCUT2D eigenvalue weighted by atomic mass is 32.2. The van der Waals surface area contributed by atoms with Crippen LogP contribution in [0.25, 0.3) is 29.1 Å². The average molecular weight is 540 g/mol. The minimum Gasteiger partial charge on any atom is -0.351 e. The summed E-state index contributed by atoms with van der Waals surface area (Å²) in [5.74, 6) is -1.16. The van der Waals surface area contributed by atoms with Crippen molar-refractivity contribution in [3.63, 3.8) is 0 Å². The van der Waals surface area contributed by atoms with E-state index in [2.05, 4.69) is 15.4 Å². The van der Waals surface area contributed by atoms with E-state index >= 15 is 0 Å². The summed E-state index contributed by atoms with van der Waals surface area (Å²) >= 11 is 0.855. The molecule has 1 aliphatic heterocycles. The van der Waals surface area contributed by atoms with Gasteiger partial charge in [0, 0.05) is 48.9 Å². The molecule has 1 fully saturated rings. The van der Waals surface area contributed by atoms with Gasteiger partial charge < -0.3 is 5.32 Å². The molecule has 5 rings (SSSR count). The third-order valence-electron chi connectivity index (χ3n) is 5.79. The summed E-state index contributed by atoms with van der Waals surface area (Å²) in [6, 6.07) is 19.0. The molecule has 3 amide bonds. The maximum absolute atomic E-state index is 13.5. The first-order chi connectivity index (χ1) is 19.0. The van der Waals surface area contributed by atoms with Gasteiger partial charge in [0.15, 0.2) is 0 Å². The summed E-state index contributed by atoms with van der Waals surface area (Å²) in [6.45, 7) is 0.136. The second-order valence-electron chi connectivity index (χ2n) is 8.46. The third kappa shape index (κ3) is 6.19. The van der Waals surface area contributed by atoms with Gasteiger partial charge in [-0.15, -0.1) is 0 Å². The summed E-state index contributed by atoms with van der Waals surface area (Å²) in [5.41, 5.74) is 3.50. The molecule has 4 aromatic rings. The first-order valence-corrected chi connectivity index (χ1v) is 12.8. The lowest BCUT2D eigenvalue weighted by Gasteiger charge is -2.12. The molecule has 3 heterocycles. The zero-order chi connectivity index (χ0) is 27.2. The van der Waals surface area contributed by atoms with E-state index in [9.17, 15) is 18.8 Å². The minimum absolute atomic E-state index is 0.0431. The van der Waals surface area contributed by atoms with Gasteiger partial charge in [-0.1, -0.05) is 24.3 Å². The molecular formula is C29H22FN5O3S. The molecule has 1 aliphatic rings. The molecule has 194 valence electrons. The van der Waals surface area contributed by atoms with Gasteiger partial charge in [-0.3, -0.25) is 24.3 Å². The molecule has 0 aliphatic carbocycles. The van der Waals surface area contributed by atoms with Crippen molar-refractivity contribution in [2.45, 2.75) is 0 Å². The van der Waals surface area contributed by atoms with E-state index in [1.807, 2.05) is 30.3 Å². The Bertz CT molecular complexity index is 1570. The molecule has 0 spiro atoms. The van der Waals surface area contributed by atoms with Crippen molar-refractivity contribution in [2.75, 3.05) is 13.1 Å². The van der Waals surface area contributed by atoms with Crippen LogP contribution in [0.2, 0.25) is 0 Å². The number of nitrogens with zero attached hydrogens (tertiary/aromatic N) is 4. The molecule has 8 nitrogen and oxygen atoms in total. The van der Waals surface area contributed by atoms with Gasteiger partial charge in [0.2, 0.25) is 5.91 Å². The van der Waals surface area contributed by atoms with E-state index in [4.69, 9.17) is 0 Å². The molecular weight excluding hydrogens is 517 g/mol. The molecule has 10 heteroatoms. The fraction of sp³-hybridized carbons (Fsp3) is 0.0690. The monoisotopic (exact) mass is 539 g/mol. The Morgan fingerprint density at radius 2 is 1.82 bits per heavy atom. The van der Waals surface area contributed by atoms with Crippen LogP contribution in [0.4, 0.5) is 9.18 Å². The van der Waals surface area contributed by atoms with Crippen molar-refractivity contribution in [1.29, 1.82) is 0 Å². The highest BCUT2D eigenvalue weighted by molar-refractivity contribution is 8.18. The molecule has 0 atom stereocenters. The zero-order valence-corrected chi connectivity index (χ0v) is 21.3. The van der Waals surface area contributed by atoms with Crippen LogP contribution in [0.5, 0.6) is 0 Å². The number of aromatic nitrogens is 3. The van der Waals surface area contributed by atoms with Gasteiger partial charge >= 0.3 is 0 Å². The maximum atomic E-state index is 13.5. The summed E-state index contributed by atoms with van der Waals surface area (Å²) in [6.07, 6.45) is 9.61. The summed E-state index contributed by atoms with van der Waals surface area (Å²) in [7, 11) is 0. The Hall–Kier alpha value is -4.83. The first-order valence-electron chi connectivity index (χ1n) is 12.0. The Morgan fingerprint density at radius 3 is 2.56 bits per heavy atom. The molecule has 0 bridgehead atoms. The highest BCUT2D eigenvalue weighted by Crippen LogP contribution is 2.31. The number of rotatable bonds is 8. The fourth-order valence-electron chi connectivity index (χ4n) is 3.88. The number of carbonyl (C=O) groups is 3. The lowest BCUT2D eigenvalue weighted by Crippen LogP contribution is -2.36. The second kappa shape index (κ2) is 11.7. The Kier molecular flexibility index (Phi) is 7.74. The molecule has 0 saturated carbocycles. The van der Waals surface area contributed by atoms with E-state index in [0.29, 0.717) is 21.7 Å². The summed E-state index contributed by atoms with van der Waals surface area (Å²) < 4.78 is 15.2. The van der Waals surface area contributed by atoms with Crippen LogP contribution in [0, 0.1) is 5.82 Å². The van der Waals surface area contributed by atoms with Crippen LogP contribution in [-0.2, 0) is 9.59 Å². The number of benzene rings is 2. The third-order valence-corrected chi connectivity index (χ3v) is 6.69. The molecule has 1 saturated heterocycles. The number of nitrogens with one attached hydrogen (secondary N) is 1. The standard InChI is InChI=1S/C29H22FN5O3S/c30-23-11-8-21(9-12-23)27-22(19-35(33-27)24-6-2-1-3-7-24)10-13-26(36)32-15-16-34-28(37)25(39-29(34)38)17-20-5-4-14-31-18-20/h1-14,17-19H,15-16H2,(H,32,36). The number of thioether (sulfide) groups is 1. The molecule has 2 aromatic heterocycles. The Labute approximate surface area is 227 Å². The lowest BCUT2D eigenvalue weighted by atomic mass is 10.1. The van der Waals surface area contributed by atoms with Crippen molar-refractivity contribution < 1.29 is 18.8 Å². The smallest absolute Gasteiger partial charge is 0.293 e. The van der Waals surface area contributed by atoms with Crippen molar-refractivity contribution in [3.8, 4) is 16.9 Å². The van der Waals surface area contributed by atoms with Crippen LogP contribution in [0.1, 0.15) is 11.1 Å². The SMILES string of the molecule is O=C(C=Cc1cn(-c2ccccc2)nc1-c1ccc(F)cc1)NCCN1C(=O)SC(=Cc2cccnc2)C1=O. The normalized spacial score (nSPS) is 14.5. The summed E-state index contributed by atoms with van der Waals surface area (Å²) in [4.78, 5) is 42.9. The quantitative estimate of drug-likeness (QED) is 0.319. The van der Waals surface area contributed by atoms with Gasteiger partial charge in [-0.25, -0.2) is 9.07 Å². The van der Waals surface area contributed by atoms with E-state index in [1.54, 1.807) is 59.7 Å². The number of amides is 3. The van der Waals surface area contributed by atoms with Gasteiger partial charge in [0.05, 0.1) is 16.3 Å². The largest absolute Gasteiger partial charge is 0.351 e. The van der Waals surface area contributed by atoms with Crippen molar-refractivity contribution in [1.82, 2.24) is 25.0 Å². The van der Waals surface area contributed by atoms with Gasteiger partial charge in [-0.05, 0) is 71.9 Å². The Morgan fingerprint density at radius 1 is 1.03 bits per heavy atom. The number of para-hydroxylation sites is 1. The molecule has 1 N–H and O–H groups in total. The minimum atomic E-state index is -0.407. The average Bonchev–Trinajstić information content (AvgIpc) is 3.50. The lowest BCUT2D eigenvalue weighted by molar-refractivity contribution is -0.123. The number of hydrogen-bond donors (Lipinski definition) is 1.